The van der Waals surface area contributed by atoms with E-state index in [9.17, 15) is 4.79 Å². The highest BCUT2D eigenvalue weighted by Crippen LogP contribution is 2.19. The minimum absolute atomic E-state index is 0.238. The van der Waals surface area contributed by atoms with Crippen molar-refractivity contribution in [3.8, 4) is 0 Å². The number of aromatic nitrogens is 2. The minimum Gasteiger partial charge on any atom is -0.395 e. The first-order valence-electron chi connectivity index (χ1n) is 6.22. The number of nitrogen functional groups attached to an aromatic ring is 1. The molecular formula is C14H18N4O. The number of nitrogens with one attached hydrogen (secondary N) is 1. The third-order valence-electron chi connectivity index (χ3n) is 2.99. The summed E-state index contributed by atoms with van der Waals surface area (Å²) in [7, 11) is 1.72. The van der Waals surface area contributed by atoms with Crippen molar-refractivity contribution in [2.24, 2.45) is 7.05 Å². The smallest absolute Gasteiger partial charge is 0.276 e. The van der Waals surface area contributed by atoms with E-state index in [-0.39, 0.29) is 5.91 Å². The molecule has 2 rings (SSSR count). The van der Waals surface area contributed by atoms with Crippen molar-refractivity contribution in [1.82, 2.24) is 9.78 Å². The zero-order valence-electron chi connectivity index (χ0n) is 11.4. The molecule has 0 spiro atoms. The number of benzene rings is 1. The van der Waals surface area contributed by atoms with Gasteiger partial charge in [-0.25, -0.2) is 0 Å². The largest absolute Gasteiger partial charge is 0.395 e. The second-order valence-electron chi connectivity index (χ2n) is 4.51. The lowest BCUT2D eigenvalue weighted by Crippen LogP contribution is -2.17. The van der Waals surface area contributed by atoms with Gasteiger partial charge < -0.3 is 11.1 Å². The second-order valence-corrected chi connectivity index (χ2v) is 4.51. The number of carbonyl (C=O) groups excluding carboxylic acids is 1. The van der Waals surface area contributed by atoms with Crippen LogP contribution >= 0.6 is 0 Å². The zero-order chi connectivity index (χ0) is 14.0. The zero-order valence-corrected chi connectivity index (χ0v) is 11.4. The predicted molar refractivity (Wildman–Crippen MR) is 76.1 cm³/mol. The summed E-state index contributed by atoms with van der Waals surface area (Å²) in [5, 5.41) is 7.08. The highest BCUT2D eigenvalue weighted by Gasteiger charge is 2.19. The Morgan fingerprint density at radius 1 is 1.47 bits per heavy atom. The van der Waals surface area contributed by atoms with E-state index in [0.29, 0.717) is 17.8 Å². The summed E-state index contributed by atoms with van der Waals surface area (Å²) < 4.78 is 1.53. The molecule has 5 heteroatoms. The fraction of sp³-hybridized carbons (Fsp3) is 0.286. The molecule has 0 radical (unpaired) electrons. The molecule has 0 atom stereocenters. The number of hydrogen-bond acceptors (Lipinski definition) is 3. The Balaban J connectivity index is 2.28. The topological polar surface area (TPSA) is 72.9 Å². The maximum absolute atomic E-state index is 12.2. The van der Waals surface area contributed by atoms with Crippen molar-refractivity contribution < 1.29 is 4.79 Å². The van der Waals surface area contributed by atoms with Crippen LogP contribution in [0.4, 0.5) is 11.4 Å². The molecule has 0 bridgehead atoms. The number of rotatable bonds is 3. The highest BCUT2D eigenvalue weighted by molar-refractivity contribution is 6.06. The van der Waals surface area contributed by atoms with Gasteiger partial charge >= 0.3 is 0 Å². The SMILES string of the molecule is CCc1nn(C)c(C(=O)Nc2cccc(C)c2)c1N. The van der Waals surface area contributed by atoms with Crippen LogP contribution in [-0.4, -0.2) is 15.7 Å². The number of amides is 1. The molecule has 1 heterocycles. The lowest BCUT2D eigenvalue weighted by molar-refractivity contribution is 0.101. The summed E-state index contributed by atoms with van der Waals surface area (Å²) in [5.74, 6) is -0.238. The van der Waals surface area contributed by atoms with Gasteiger partial charge in [-0.2, -0.15) is 5.10 Å². The second kappa shape index (κ2) is 5.14. The Hall–Kier alpha value is -2.30. The van der Waals surface area contributed by atoms with Gasteiger partial charge in [-0.15, -0.1) is 0 Å². The fourth-order valence-electron chi connectivity index (χ4n) is 2.04. The molecule has 0 aliphatic carbocycles. The minimum atomic E-state index is -0.238. The predicted octanol–water partition coefficient (Wildman–Crippen LogP) is 2.13. The van der Waals surface area contributed by atoms with E-state index in [0.717, 1.165) is 16.9 Å². The normalized spacial score (nSPS) is 10.5. The quantitative estimate of drug-likeness (QED) is 0.885. The molecule has 0 aliphatic rings. The van der Waals surface area contributed by atoms with Gasteiger partial charge in [-0.1, -0.05) is 19.1 Å². The van der Waals surface area contributed by atoms with Crippen LogP contribution in [0.1, 0.15) is 28.7 Å². The first-order chi connectivity index (χ1) is 9.02. The van der Waals surface area contributed by atoms with E-state index < -0.39 is 0 Å². The van der Waals surface area contributed by atoms with E-state index in [4.69, 9.17) is 5.73 Å². The maximum Gasteiger partial charge on any atom is 0.276 e. The Morgan fingerprint density at radius 3 is 2.79 bits per heavy atom. The summed E-state index contributed by atoms with van der Waals surface area (Å²) in [4.78, 5) is 12.2. The van der Waals surface area contributed by atoms with Crippen LogP contribution in [0, 0.1) is 6.92 Å². The van der Waals surface area contributed by atoms with Crippen molar-refractivity contribution in [3.63, 3.8) is 0 Å². The monoisotopic (exact) mass is 258 g/mol. The first kappa shape index (κ1) is 13.1. The third kappa shape index (κ3) is 2.59. The number of nitrogens with zero attached hydrogens (tertiary/aromatic N) is 2. The number of nitrogens with two attached hydrogens (primary N) is 1. The molecule has 0 unspecified atom stereocenters. The Bertz CT molecular complexity index is 616. The average Bonchev–Trinajstić information content (AvgIpc) is 2.64. The van der Waals surface area contributed by atoms with Crippen LogP contribution in [0.25, 0.3) is 0 Å². The van der Waals surface area contributed by atoms with Gasteiger partial charge in [0.05, 0.1) is 11.4 Å². The molecule has 5 nitrogen and oxygen atoms in total. The van der Waals surface area contributed by atoms with Crippen LogP contribution < -0.4 is 11.1 Å². The molecule has 0 aliphatic heterocycles. The first-order valence-corrected chi connectivity index (χ1v) is 6.22. The Kier molecular flexibility index (Phi) is 3.55. The summed E-state index contributed by atoms with van der Waals surface area (Å²) >= 11 is 0. The van der Waals surface area contributed by atoms with Gasteiger partial charge in [-0.05, 0) is 31.0 Å². The van der Waals surface area contributed by atoms with Gasteiger partial charge in [-0.3, -0.25) is 9.48 Å². The third-order valence-corrected chi connectivity index (χ3v) is 2.99. The lowest BCUT2D eigenvalue weighted by atomic mass is 10.2. The van der Waals surface area contributed by atoms with Crippen molar-refractivity contribution in [3.05, 3.63) is 41.2 Å². The van der Waals surface area contributed by atoms with Crippen LogP contribution in [0.2, 0.25) is 0 Å². The van der Waals surface area contributed by atoms with Crippen molar-refractivity contribution in [1.29, 1.82) is 0 Å². The Morgan fingerprint density at radius 2 is 2.21 bits per heavy atom. The van der Waals surface area contributed by atoms with Gasteiger partial charge in [0.25, 0.3) is 5.91 Å². The number of carbonyl (C=O) groups is 1. The van der Waals surface area contributed by atoms with Crippen LogP contribution in [0.5, 0.6) is 0 Å². The van der Waals surface area contributed by atoms with E-state index in [2.05, 4.69) is 10.4 Å². The summed E-state index contributed by atoms with van der Waals surface area (Å²) in [5.41, 5.74) is 9.40. The average molecular weight is 258 g/mol. The number of aryl methyl sites for hydroxylation is 3. The van der Waals surface area contributed by atoms with Crippen LogP contribution in [-0.2, 0) is 13.5 Å². The van der Waals surface area contributed by atoms with Crippen LogP contribution in [0.15, 0.2) is 24.3 Å². The standard InChI is InChI=1S/C14H18N4O/c1-4-11-12(15)13(18(3)17-11)14(19)16-10-7-5-6-9(2)8-10/h5-8H,4,15H2,1-3H3,(H,16,19). The van der Waals surface area contributed by atoms with Crippen molar-refractivity contribution >= 4 is 17.3 Å². The number of hydrogen-bond donors (Lipinski definition) is 2. The highest BCUT2D eigenvalue weighted by atomic mass is 16.2. The summed E-state index contributed by atoms with van der Waals surface area (Å²) in [6.45, 7) is 3.93. The van der Waals surface area contributed by atoms with Crippen LogP contribution in [0.3, 0.4) is 0 Å². The molecule has 1 aromatic carbocycles. The molecule has 0 saturated heterocycles. The number of anilines is 2. The van der Waals surface area contributed by atoms with Gasteiger partial charge in [0.15, 0.2) is 0 Å². The summed E-state index contributed by atoms with van der Waals surface area (Å²) in [6, 6.07) is 7.63. The van der Waals surface area contributed by atoms with E-state index >= 15 is 0 Å². The van der Waals surface area contributed by atoms with Crippen molar-refractivity contribution in [2.45, 2.75) is 20.3 Å². The Labute approximate surface area is 112 Å². The molecule has 0 saturated carbocycles. The van der Waals surface area contributed by atoms with Gasteiger partial charge in [0, 0.05) is 12.7 Å². The van der Waals surface area contributed by atoms with Gasteiger partial charge in [0.1, 0.15) is 5.69 Å². The van der Waals surface area contributed by atoms with E-state index in [1.807, 2.05) is 38.1 Å². The fourth-order valence-corrected chi connectivity index (χ4v) is 2.04. The lowest BCUT2D eigenvalue weighted by Gasteiger charge is -2.07. The van der Waals surface area contributed by atoms with E-state index in [1.54, 1.807) is 7.05 Å². The van der Waals surface area contributed by atoms with E-state index in [1.165, 1.54) is 4.68 Å². The molecule has 2 aromatic rings. The molecular weight excluding hydrogens is 240 g/mol. The van der Waals surface area contributed by atoms with Crippen molar-refractivity contribution in [2.75, 3.05) is 11.1 Å². The van der Waals surface area contributed by atoms with Gasteiger partial charge in [0.2, 0.25) is 0 Å². The molecule has 100 valence electrons. The molecule has 0 fully saturated rings. The maximum atomic E-state index is 12.2. The molecule has 1 aromatic heterocycles. The molecule has 3 N–H and O–H groups in total. The molecule has 1 amide bonds. The summed E-state index contributed by atoms with van der Waals surface area (Å²) in [6.07, 6.45) is 0.706. The molecule has 19 heavy (non-hydrogen) atoms.